The number of rotatable bonds is 7. The zero-order valence-electron chi connectivity index (χ0n) is 15.8. The second kappa shape index (κ2) is 8.85. The Morgan fingerprint density at radius 2 is 1.90 bits per heavy atom. The molecule has 0 saturated carbocycles. The molecule has 0 unspecified atom stereocenters. The van der Waals surface area contributed by atoms with Crippen molar-refractivity contribution in [2.75, 3.05) is 5.32 Å². The first-order valence-electron chi connectivity index (χ1n) is 8.84. The van der Waals surface area contributed by atoms with Gasteiger partial charge in [0.2, 0.25) is 15.9 Å². The molecule has 0 saturated heterocycles. The number of benzene rings is 2. The molecule has 0 fully saturated rings. The van der Waals surface area contributed by atoms with Crippen molar-refractivity contribution in [1.29, 1.82) is 0 Å². The molecule has 2 aromatic carbocycles. The van der Waals surface area contributed by atoms with Gasteiger partial charge in [0.1, 0.15) is 12.4 Å². The molecule has 0 radical (unpaired) electrons. The van der Waals surface area contributed by atoms with E-state index in [2.05, 4.69) is 10.3 Å². The summed E-state index contributed by atoms with van der Waals surface area (Å²) < 4.78 is 29.4. The molecule has 150 valence electrons. The van der Waals surface area contributed by atoms with Crippen LogP contribution in [0, 0.1) is 6.92 Å². The highest BCUT2D eigenvalue weighted by Crippen LogP contribution is 2.25. The Balaban J connectivity index is 1.79. The van der Waals surface area contributed by atoms with Crippen molar-refractivity contribution in [3.63, 3.8) is 0 Å². The Morgan fingerprint density at radius 3 is 2.59 bits per heavy atom. The summed E-state index contributed by atoms with van der Waals surface area (Å²) in [6.45, 7) is 2.22. The lowest BCUT2D eigenvalue weighted by molar-refractivity contribution is -0.115. The molecule has 3 aromatic rings. The van der Waals surface area contributed by atoms with Gasteiger partial charge in [-0.05, 0) is 30.2 Å². The highest BCUT2D eigenvalue weighted by molar-refractivity contribution is 7.89. The van der Waals surface area contributed by atoms with E-state index in [0.29, 0.717) is 0 Å². The van der Waals surface area contributed by atoms with Gasteiger partial charge in [-0.3, -0.25) is 9.78 Å². The zero-order valence-corrected chi connectivity index (χ0v) is 16.6. The fourth-order valence-corrected chi connectivity index (χ4v) is 3.33. The van der Waals surface area contributed by atoms with Gasteiger partial charge in [0.15, 0.2) is 0 Å². The Bertz CT molecular complexity index is 1120. The average molecular weight is 411 g/mol. The van der Waals surface area contributed by atoms with E-state index in [0.717, 1.165) is 16.7 Å². The third-order valence-electron chi connectivity index (χ3n) is 4.07. The Morgan fingerprint density at radius 1 is 1.10 bits per heavy atom. The number of nitrogens with two attached hydrogens (primary N) is 1. The minimum absolute atomic E-state index is 0.104. The van der Waals surface area contributed by atoms with E-state index in [1.54, 1.807) is 30.6 Å². The third kappa shape index (κ3) is 6.13. The molecule has 8 heteroatoms. The van der Waals surface area contributed by atoms with Gasteiger partial charge in [-0.25, -0.2) is 13.6 Å². The molecule has 0 aliphatic carbocycles. The number of nitrogens with one attached hydrogen (secondary N) is 1. The topological polar surface area (TPSA) is 111 Å². The molecule has 1 heterocycles. The number of hydrogen-bond donors (Lipinski definition) is 2. The average Bonchev–Trinajstić information content (AvgIpc) is 2.66. The van der Waals surface area contributed by atoms with Crippen LogP contribution >= 0.6 is 0 Å². The van der Waals surface area contributed by atoms with Gasteiger partial charge < -0.3 is 10.1 Å². The molecule has 3 N–H and O–H groups in total. The lowest BCUT2D eigenvalue weighted by Crippen LogP contribution is -2.16. The van der Waals surface area contributed by atoms with E-state index in [1.807, 2.05) is 31.2 Å². The minimum Gasteiger partial charge on any atom is -0.489 e. The fraction of sp³-hybridized carbons (Fsp3) is 0.143. The van der Waals surface area contributed by atoms with Gasteiger partial charge in [0.25, 0.3) is 0 Å². The SMILES string of the molecule is Cc1cccc(COc2cc(NC(=O)Cc3cccnc3)cc(S(N)(=O)=O)c2)c1. The lowest BCUT2D eigenvalue weighted by atomic mass is 10.1. The first-order chi connectivity index (χ1) is 13.8. The van der Waals surface area contributed by atoms with Crippen LogP contribution in [0.5, 0.6) is 5.75 Å². The summed E-state index contributed by atoms with van der Waals surface area (Å²) >= 11 is 0. The van der Waals surface area contributed by atoms with E-state index < -0.39 is 10.0 Å². The van der Waals surface area contributed by atoms with Gasteiger partial charge in [-0.15, -0.1) is 0 Å². The molecule has 0 aliphatic rings. The minimum atomic E-state index is -3.97. The normalized spacial score (nSPS) is 11.1. The van der Waals surface area contributed by atoms with E-state index >= 15 is 0 Å². The number of aryl methyl sites for hydroxylation is 1. The molecule has 0 bridgehead atoms. The third-order valence-corrected chi connectivity index (χ3v) is 4.96. The number of sulfonamides is 1. The van der Waals surface area contributed by atoms with Crippen molar-refractivity contribution in [1.82, 2.24) is 4.98 Å². The highest BCUT2D eigenvalue weighted by atomic mass is 32.2. The number of pyridine rings is 1. The number of primary sulfonamides is 1. The molecule has 1 aromatic heterocycles. The summed E-state index contributed by atoms with van der Waals surface area (Å²) in [6.07, 6.45) is 3.32. The summed E-state index contributed by atoms with van der Waals surface area (Å²) in [5.41, 5.74) is 3.05. The van der Waals surface area contributed by atoms with Gasteiger partial charge in [0, 0.05) is 30.2 Å². The summed E-state index contributed by atoms with van der Waals surface area (Å²) in [6, 6.07) is 15.5. The standard InChI is InChI=1S/C21H21N3O4S/c1-15-4-2-5-17(8-15)14-28-19-10-18(11-20(12-19)29(22,26)27)24-21(25)9-16-6-3-7-23-13-16/h2-8,10-13H,9,14H2,1H3,(H,24,25)(H2,22,26,27). The number of carbonyl (C=O) groups is 1. The van der Waals surface area contributed by atoms with Crippen molar-refractivity contribution < 1.29 is 17.9 Å². The predicted molar refractivity (Wildman–Crippen MR) is 110 cm³/mol. The van der Waals surface area contributed by atoms with E-state index in [4.69, 9.17) is 9.88 Å². The maximum atomic E-state index is 12.3. The molecular formula is C21H21N3O4S. The number of ether oxygens (including phenoxy) is 1. The quantitative estimate of drug-likeness (QED) is 0.621. The van der Waals surface area contributed by atoms with Crippen molar-refractivity contribution in [2.45, 2.75) is 24.8 Å². The van der Waals surface area contributed by atoms with Crippen LogP contribution in [0.1, 0.15) is 16.7 Å². The molecule has 0 spiro atoms. The number of hydrogen-bond acceptors (Lipinski definition) is 5. The van der Waals surface area contributed by atoms with Crippen LogP contribution in [0.3, 0.4) is 0 Å². The van der Waals surface area contributed by atoms with Crippen molar-refractivity contribution in [2.24, 2.45) is 5.14 Å². The maximum Gasteiger partial charge on any atom is 0.238 e. The number of anilines is 1. The second-order valence-corrected chi connectivity index (χ2v) is 8.16. The van der Waals surface area contributed by atoms with Gasteiger partial charge in [-0.1, -0.05) is 35.9 Å². The predicted octanol–water partition coefficient (Wildman–Crippen LogP) is 2.80. The van der Waals surface area contributed by atoms with Crippen molar-refractivity contribution in [3.8, 4) is 5.75 Å². The van der Waals surface area contributed by atoms with E-state index in [-0.39, 0.29) is 35.3 Å². The van der Waals surface area contributed by atoms with Crippen LogP contribution in [0.25, 0.3) is 0 Å². The van der Waals surface area contributed by atoms with E-state index in [9.17, 15) is 13.2 Å². The number of amides is 1. The Kier molecular flexibility index (Phi) is 6.26. The lowest BCUT2D eigenvalue weighted by Gasteiger charge is -2.12. The van der Waals surface area contributed by atoms with Crippen LogP contribution < -0.4 is 15.2 Å². The van der Waals surface area contributed by atoms with Crippen molar-refractivity contribution >= 4 is 21.6 Å². The van der Waals surface area contributed by atoms with Crippen LogP contribution in [-0.2, 0) is 27.8 Å². The molecule has 3 rings (SSSR count). The number of nitrogens with zero attached hydrogens (tertiary/aromatic N) is 1. The summed E-state index contributed by atoms with van der Waals surface area (Å²) in [7, 11) is -3.97. The molecule has 7 nitrogen and oxygen atoms in total. The van der Waals surface area contributed by atoms with Gasteiger partial charge in [-0.2, -0.15) is 0 Å². The smallest absolute Gasteiger partial charge is 0.238 e. The largest absolute Gasteiger partial charge is 0.489 e. The van der Waals surface area contributed by atoms with Crippen LogP contribution in [0.15, 0.2) is 71.9 Å². The van der Waals surface area contributed by atoms with Gasteiger partial charge >= 0.3 is 0 Å². The van der Waals surface area contributed by atoms with Gasteiger partial charge in [0.05, 0.1) is 11.3 Å². The van der Waals surface area contributed by atoms with Crippen LogP contribution in [0.2, 0.25) is 0 Å². The maximum absolute atomic E-state index is 12.3. The highest BCUT2D eigenvalue weighted by Gasteiger charge is 2.14. The number of aromatic nitrogens is 1. The second-order valence-electron chi connectivity index (χ2n) is 6.60. The molecular weight excluding hydrogens is 390 g/mol. The first-order valence-corrected chi connectivity index (χ1v) is 10.4. The fourth-order valence-electron chi connectivity index (χ4n) is 2.75. The van der Waals surface area contributed by atoms with Crippen LogP contribution in [-0.4, -0.2) is 19.3 Å². The molecule has 0 atom stereocenters. The van der Waals surface area contributed by atoms with Crippen LogP contribution in [0.4, 0.5) is 5.69 Å². The zero-order chi connectivity index (χ0) is 20.9. The van der Waals surface area contributed by atoms with E-state index in [1.165, 1.54) is 12.1 Å². The summed E-state index contributed by atoms with van der Waals surface area (Å²) in [4.78, 5) is 16.1. The number of carbonyl (C=O) groups excluding carboxylic acids is 1. The molecule has 1 amide bonds. The monoisotopic (exact) mass is 411 g/mol. The Labute approximate surface area is 169 Å². The molecule has 0 aliphatic heterocycles. The summed E-state index contributed by atoms with van der Waals surface area (Å²) in [5, 5.41) is 7.96. The first kappa shape index (κ1) is 20.5. The summed E-state index contributed by atoms with van der Waals surface area (Å²) in [5.74, 6) is -0.0242. The molecule has 29 heavy (non-hydrogen) atoms. The van der Waals surface area contributed by atoms with Crippen molar-refractivity contribution in [3.05, 3.63) is 83.7 Å². The Hall–Kier alpha value is -3.23.